The van der Waals surface area contributed by atoms with Gasteiger partial charge in [0, 0.05) is 16.0 Å². The molecule has 0 radical (unpaired) electrons. The first-order valence-corrected chi connectivity index (χ1v) is 12.2. The van der Waals surface area contributed by atoms with E-state index in [1.54, 1.807) is 52.0 Å². The van der Waals surface area contributed by atoms with Gasteiger partial charge in [-0.15, -0.1) is 11.3 Å². The number of hydrogen-bond donors (Lipinski definition) is 1. The lowest BCUT2D eigenvalue weighted by Crippen LogP contribution is -2.42. The second-order valence-corrected chi connectivity index (χ2v) is 9.60. The number of anilines is 1. The van der Waals surface area contributed by atoms with Crippen molar-refractivity contribution >= 4 is 39.8 Å². The van der Waals surface area contributed by atoms with Gasteiger partial charge in [0.2, 0.25) is 0 Å². The van der Waals surface area contributed by atoms with Crippen LogP contribution in [-0.2, 0) is 9.53 Å². The molecule has 0 aliphatic heterocycles. The van der Waals surface area contributed by atoms with E-state index < -0.39 is 17.5 Å². The minimum Gasteiger partial charge on any atom is -0.494 e. The normalized spacial score (nSPS) is 11.3. The Balaban J connectivity index is 1.90. The van der Waals surface area contributed by atoms with Crippen molar-refractivity contribution in [1.29, 1.82) is 0 Å². The molecule has 1 aromatic heterocycles. The zero-order valence-electron chi connectivity index (χ0n) is 19.8. The number of amides is 1. The highest BCUT2D eigenvalue weighted by molar-refractivity contribution is 7.15. The van der Waals surface area contributed by atoms with Crippen LogP contribution < -0.4 is 14.8 Å². The fraction of sp³-hybridized carbons (Fsp3) is 0.308. The van der Waals surface area contributed by atoms with Gasteiger partial charge in [0.25, 0.3) is 5.91 Å². The molecule has 0 saturated carbocycles. The van der Waals surface area contributed by atoms with Gasteiger partial charge >= 0.3 is 5.97 Å². The van der Waals surface area contributed by atoms with E-state index in [1.807, 2.05) is 36.6 Å². The Morgan fingerprint density at radius 3 is 2.24 bits per heavy atom. The van der Waals surface area contributed by atoms with E-state index in [0.717, 1.165) is 11.3 Å². The summed E-state index contributed by atoms with van der Waals surface area (Å²) in [6.07, 6.45) is -0.311. The topological polar surface area (TPSA) is 73.9 Å². The SMILES string of the molecule is CCOc1ccc(-c2csc(NC(=O)C(C)(C)Oc3ccc(Cl)cc3)c2C(=O)OC(C)C)cc1. The van der Waals surface area contributed by atoms with Crippen molar-refractivity contribution in [3.63, 3.8) is 0 Å². The van der Waals surface area contributed by atoms with E-state index in [-0.39, 0.29) is 6.10 Å². The lowest BCUT2D eigenvalue weighted by molar-refractivity contribution is -0.128. The Bertz CT molecular complexity index is 1140. The largest absolute Gasteiger partial charge is 0.494 e. The maximum atomic E-state index is 13.1. The highest BCUT2D eigenvalue weighted by Crippen LogP contribution is 2.37. The Kier molecular flexibility index (Phi) is 8.23. The maximum Gasteiger partial charge on any atom is 0.342 e. The number of esters is 1. The molecular weight excluding hydrogens is 474 g/mol. The number of halogens is 1. The van der Waals surface area contributed by atoms with E-state index in [2.05, 4.69) is 5.32 Å². The van der Waals surface area contributed by atoms with Gasteiger partial charge in [0.05, 0.1) is 12.7 Å². The number of rotatable bonds is 9. The lowest BCUT2D eigenvalue weighted by Gasteiger charge is -2.25. The fourth-order valence-corrected chi connectivity index (χ4v) is 4.21. The third-order valence-corrected chi connectivity index (χ3v) is 5.92. The molecule has 180 valence electrons. The first-order valence-electron chi connectivity index (χ1n) is 10.9. The van der Waals surface area contributed by atoms with Crippen LogP contribution in [-0.4, -0.2) is 30.2 Å². The summed E-state index contributed by atoms with van der Waals surface area (Å²) in [6, 6.07) is 14.2. The molecule has 3 aromatic rings. The van der Waals surface area contributed by atoms with E-state index >= 15 is 0 Å². The molecule has 0 aliphatic rings. The number of benzene rings is 2. The predicted molar refractivity (Wildman–Crippen MR) is 136 cm³/mol. The Morgan fingerprint density at radius 1 is 1.03 bits per heavy atom. The van der Waals surface area contributed by atoms with Gasteiger partial charge in [-0.1, -0.05) is 23.7 Å². The molecule has 0 bridgehead atoms. The van der Waals surface area contributed by atoms with Crippen LogP contribution in [0.25, 0.3) is 11.1 Å². The number of thiophene rings is 1. The molecule has 34 heavy (non-hydrogen) atoms. The van der Waals surface area contributed by atoms with Gasteiger partial charge in [-0.05, 0) is 76.6 Å². The molecule has 0 atom stereocenters. The summed E-state index contributed by atoms with van der Waals surface area (Å²) in [7, 11) is 0. The second kappa shape index (κ2) is 10.9. The second-order valence-electron chi connectivity index (χ2n) is 8.29. The van der Waals surface area contributed by atoms with Gasteiger partial charge in [0.1, 0.15) is 22.1 Å². The number of nitrogens with one attached hydrogen (secondary N) is 1. The van der Waals surface area contributed by atoms with E-state index in [1.165, 1.54) is 11.3 Å². The molecule has 0 unspecified atom stereocenters. The van der Waals surface area contributed by atoms with Crippen molar-refractivity contribution in [3.05, 3.63) is 64.5 Å². The van der Waals surface area contributed by atoms with Crippen LogP contribution in [0.5, 0.6) is 11.5 Å². The van der Waals surface area contributed by atoms with Crippen molar-refractivity contribution in [2.24, 2.45) is 0 Å². The summed E-state index contributed by atoms with van der Waals surface area (Å²) in [5.41, 5.74) is 0.576. The zero-order chi connectivity index (χ0) is 24.9. The Labute approximate surface area is 208 Å². The van der Waals surface area contributed by atoms with Crippen LogP contribution in [0.4, 0.5) is 5.00 Å². The highest BCUT2D eigenvalue weighted by Gasteiger charge is 2.32. The average molecular weight is 502 g/mol. The maximum absolute atomic E-state index is 13.1. The van der Waals surface area contributed by atoms with Gasteiger partial charge in [-0.25, -0.2) is 4.79 Å². The molecule has 2 aromatic carbocycles. The van der Waals surface area contributed by atoms with Crippen molar-refractivity contribution in [2.75, 3.05) is 11.9 Å². The fourth-order valence-electron chi connectivity index (χ4n) is 3.13. The average Bonchev–Trinajstić information content (AvgIpc) is 3.19. The van der Waals surface area contributed by atoms with Crippen LogP contribution in [0, 0.1) is 0 Å². The summed E-state index contributed by atoms with van der Waals surface area (Å²) >= 11 is 7.19. The number of ether oxygens (including phenoxy) is 3. The molecule has 0 saturated heterocycles. The molecule has 6 nitrogen and oxygen atoms in total. The van der Waals surface area contributed by atoms with Crippen LogP contribution in [0.3, 0.4) is 0 Å². The molecule has 3 rings (SSSR count). The Hall–Kier alpha value is -3.03. The highest BCUT2D eigenvalue weighted by atomic mass is 35.5. The van der Waals surface area contributed by atoms with Gasteiger partial charge in [-0.3, -0.25) is 4.79 Å². The number of carbonyl (C=O) groups is 2. The van der Waals surface area contributed by atoms with Gasteiger partial charge in [0.15, 0.2) is 5.60 Å². The zero-order valence-corrected chi connectivity index (χ0v) is 21.4. The first kappa shape index (κ1) is 25.6. The quantitative estimate of drug-likeness (QED) is 0.325. The molecular formula is C26H28ClNO5S. The molecule has 0 fully saturated rings. The van der Waals surface area contributed by atoms with Crippen molar-refractivity contribution in [3.8, 4) is 22.6 Å². The third kappa shape index (κ3) is 6.30. The minimum atomic E-state index is -1.21. The minimum absolute atomic E-state index is 0.304. The summed E-state index contributed by atoms with van der Waals surface area (Å²) in [5.74, 6) is 0.334. The summed E-state index contributed by atoms with van der Waals surface area (Å²) in [4.78, 5) is 26.2. The van der Waals surface area contributed by atoms with E-state index in [0.29, 0.717) is 33.5 Å². The van der Waals surface area contributed by atoms with Gasteiger partial charge in [-0.2, -0.15) is 0 Å². The molecule has 1 heterocycles. The van der Waals surface area contributed by atoms with Crippen molar-refractivity contribution in [2.45, 2.75) is 46.3 Å². The number of hydrogen-bond acceptors (Lipinski definition) is 6. The first-order chi connectivity index (χ1) is 16.1. The van der Waals surface area contributed by atoms with E-state index in [9.17, 15) is 9.59 Å². The van der Waals surface area contributed by atoms with Crippen molar-refractivity contribution < 1.29 is 23.8 Å². The summed E-state index contributed by atoms with van der Waals surface area (Å²) in [5, 5.41) is 5.66. The van der Waals surface area contributed by atoms with Crippen LogP contribution in [0.2, 0.25) is 5.02 Å². The summed E-state index contributed by atoms with van der Waals surface area (Å²) < 4.78 is 16.9. The summed E-state index contributed by atoms with van der Waals surface area (Å²) in [6.45, 7) is 9.35. The third-order valence-electron chi connectivity index (χ3n) is 4.77. The molecule has 0 aliphatic carbocycles. The smallest absolute Gasteiger partial charge is 0.342 e. The van der Waals surface area contributed by atoms with Crippen molar-refractivity contribution in [1.82, 2.24) is 0 Å². The van der Waals surface area contributed by atoms with Crippen LogP contribution in [0.15, 0.2) is 53.9 Å². The number of carbonyl (C=O) groups excluding carboxylic acids is 2. The standard InChI is InChI=1S/C26H28ClNO5S/c1-6-31-19-11-7-17(8-12-19)21-15-34-23(22(21)24(29)32-16(2)3)28-25(30)26(4,5)33-20-13-9-18(27)10-14-20/h7-16H,6H2,1-5H3,(H,28,30). The Morgan fingerprint density at radius 2 is 1.65 bits per heavy atom. The molecule has 1 amide bonds. The van der Waals surface area contributed by atoms with Crippen LogP contribution >= 0.6 is 22.9 Å². The van der Waals surface area contributed by atoms with Crippen LogP contribution in [0.1, 0.15) is 45.0 Å². The monoisotopic (exact) mass is 501 g/mol. The molecule has 1 N–H and O–H groups in total. The van der Waals surface area contributed by atoms with Gasteiger partial charge < -0.3 is 19.5 Å². The molecule has 8 heteroatoms. The molecule has 0 spiro atoms. The lowest BCUT2D eigenvalue weighted by atomic mass is 10.0. The predicted octanol–water partition coefficient (Wildman–Crippen LogP) is 6.83. The van der Waals surface area contributed by atoms with E-state index in [4.69, 9.17) is 25.8 Å².